The molecule has 2 rings (SSSR count). The highest BCUT2D eigenvalue weighted by Crippen LogP contribution is 2.25. The molecule has 0 saturated carbocycles. The maximum absolute atomic E-state index is 5.42. The standard InChI is InChI=1S/C13H18BrNO2/c1-13(5-6-17-9-13)15-8-10-3-4-11(14)7-12(10)16-2/h3-4,7,15H,5-6,8-9H2,1-2H3/t13-/m1/s1. The van der Waals surface area contributed by atoms with E-state index in [-0.39, 0.29) is 5.54 Å². The first kappa shape index (κ1) is 12.9. The van der Waals surface area contributed by atoms with Crippen molar-refractivity contribution in [2.24, 2.45) is 0 Å². The van der Waals surface area contributed by atoms with Crippen LogP contribution in [0.1, 0.15) is 18.9 Å². The van der Waals surface area contributed by atoms with Crippen LogP contribution in [0.15, 0.2) is 22.7 Å². The average Bonchev–Trinajstić information content (AvgIpc) is 2.75. The third-order valence-corrected chi connectivity index (χ3v) is 3.67. The van der Waals surface area contributed by atoms with Crippen LogP contribution in [0.5, 0.6) is 5.75 Å². The Kier molecular flexibility index (Phi) is 4.07. The topological polar surface area (TPSA) is 30.5 Å². The summed E-state index contributed by atoms with van der Waals surface area (Å²) in [5.74, 6) is 0.911. The summed E-state index contributed by atoms with van der Waals surface area (Å²) < 4.78 is 11.8. The van der Waals surface area contributed by atoms with Gasteiger partial charge in [0.15, 0.2) is 0 Å². The van der Waals surface area contributed by atoms with E-state index < -0.39 is 0 Å². The van der Waals surface area contributed by atoms with Crippen molar-refractivity contribution in [1.29, 1.82) is 0 Å². The molecule has 1 heterocycles. The molecule has 0 spiro atoms. The number of hydrogen-bond acceptors (Lipinski definition) is 3. The summed E-state index contributed by atoms with van der Waals surface area (Å²) in [4.78, 5) is 0. The number of hydrogen-bond donors (Lipinski definition) is 1. The van der Waals surface area contributed by atoms with Gasteiger partial charge in [-0.15, -0.1) is 0 Å². The Balaban J connectivity index is 2.03. The summed E-state index contributed by atoms with van der Waals surface area (Å²) in [5, 5.41) is 3.55. The largest absolute Gasteiger partial charge is 0.496 e. The molecule has 1 aliphatic rings. The molecule has 4 heteroatoms. The van der Waals surface area contributed by atoms with Crippen LogP contribution in [0, 0.1) is 0 Å². The fourth-order valence-electron chi connectivity index (χ4n) is 1.98. The molecule has 0 aromatic heterocycles. The van der Waals surface area contributed by atoms with Crippen LogP contribution in [0.4, 0.5) is 0 Å². The molecule has 0 radical (unpaired) electrons. The molecule has 1 fully saturated rings. The molecule has 1 aromatic rings. The van der Waals surface area contributed by atoms with E-state index in [1.165, 1.54) is 5.56 Å². The molecular formula is C13H18BrNO2. The summed E-state index contributed by atoms with van der Waals surface area (Å²) in [6.45, 7) is 4.63. The predicted octanol–water partition coefficient (Wildman–Crippen LogP) is 2.73. The van der Waals surface area contributed by atoms with E-state index in [1.807, 2.05) is 12.1 Å². The Morgan fingerprint density at radius 1 is 1.53 bits per heavy atom. The molecule has 0 bridgehead atoms. The lowest BCUT2D eigenvalue weighted by atomic mass is 10.0. The molecule has 1 aromatic carbocycles. The fraction of sp³-hybridized carbons (Fsp3) is 0.538. The number of methoxy groups -OCH3 is 1. The van der Waals surface area contributed by atoms with Crippen LogP contribution in [0.25, 0.3) is 0 Å². The monoisotopic (exact) mass is 299 g/mol. The fourth-order valence-corrected chi connectivity index (χ4v) is 2.32. The van der Waals surface area contributed by atoms with Gasteiger partial charge in [-0.3, -0.25) is 0 Å². The Labute approximate surface area is 111 Å². The van der Waals surface area contributed by atoms with Crippen molar-refractivity contribution in [3.63, 3.8) is 0 Å². The summed E-state index contributed by atoms with van der Waals surface area (Å²) in [7, 11) is 1.70. The molecule has 1 saturated heterocycles. The SMILES string of the molecule is COc1cc(Br)ccc1CN[C@]1(C)CCOC1. The van der Waals surface area contributed by atoms with Gasteiger partial charge >= 0.3 is 0 Å². The van der Waals surface area contributed by atoms with Crippen LogP contribution < -0.4 is 10.1 Å². The van der Waals surface area contributed by atoms with E-state index in [2.05, 4.69) is 34.2 Å². The maximum atomic E-state index is 5.42. The van der Waals surface area contributed by atoms with Crippen molar-refractivity contribution in [1.82, 2.24) is 5.32 Å². The molecule has 3 nitrogen and oxygen atoms in total. The quantitative estimate of drug-likeness (QED) is 0.927. The molecule has 1 N–H and O–H groups in total. The van der Waals surface area contributed by atoms with Gasteiger partial charge in [-0.1, -0.05) is 22.0 Å². The molecule has 17 heavy (non-hydrogen) atoms. The second-order valence-electron chi connectivity index (χ2n) is 4.67. The maximum Gasteiger partial charge on any atom is 0.124 e. The average molecular weight is 300 g/mol. The van der Waals surface area contributed by atoms with Crippen LogP contribution in [0.3, 0.4) is 0 Å². The molecule has 0 amide bonds. The van der Waals surface area contributed by atoms with Crippen molar-refractivity contribution in [2.45, 2.75) is 25.4 Å². The van der Waals surface area contributed by atoms with Gasteiger partial charge in [0.1, 0.15) is 5.75 Å². The lowest BCUT2D eigenvalue weighted by Gasteiger charge is -2.24. The molecule has 0 aliphatic carbocycles. The summed E-state index contributed by atoms with van der Waals surface area (Å²) >= 11 is 3.44. The van der Waals surface area contributed by atoms with Crippen LogP contribution in [-0.4, -0.2) is 25.9 Å². The third kappa shape index (κ3) is 3.21. The minimum atomic E-state index is 0.0953. The van der Waals surface area contributed by atoms with Gasteiger partial charge in [0, 0.05) is 28.7 Å². The van der Waals surface area contributed by atoms with Gasteiger partial charge in [-0.05, 0) is 25.5 Å². The first-order valence-corrected chi connectivity index (χ1v) is 6.57. The highest BCUT2D eigenvalue weighted by atomic mass is 79.9. The highest BCUT2D eigenvalue weighted by molar-refractivity contribution is 9.10. The Morgan fingerprint density at radius 2 is 2.35 bits per heavy atom. The summed E-state index contributed by atoms with van der Waals surface area (Å²) in [5.41, 5.74) is 1.27. The van der Waals surface area contributed by atoms with E-state index in [4.69, 9.17) is 9.47 Å². The molecular weight excluding hydrogens is 282 g/mol. The normalized spacial score (nSPS) is 23.9. The number of halogens is 1. The molecule has 1 atom stereocenters. The van der Waals surface area contributed by atoms with Crippen molar-refractivity contribution in [3.05, 3.63) is 28.2 Å². The lowest BCUT2D eigenvalue weighted by molar-refractivity contribution is 0.171. The minimum absolute atomic E-state index is 0.0953. The smallest absolute Gasteiger partial charge is 0.124 e. The number of nitrogens with one attached hydrogen (secondary N) is 1. The van der Waals surface area contributed by atoms with E-state index in [0.29, 0.717) is 0 Å². The minimum Gasteiger partial charge on any atom is -0.496 e. The molecule has 0 unspecified atom stereocenters. The van der Waals surface area contributed by atoms with Crippen molar-refractivity contribution < 1.29 is 9.47 Å². The number of rotatable bonds is 4. The Bertz CT molecular complexity index is 389. The van der Waals surface area contributed by atoms with Crippen molar-refractivity contribution in [3.8, 4) is 5.75 Å². The van der Waals surface area contributed by atoms with Gasteiger partial charge in [0.05, 0.1) is 13.7 Å². The zero-order valence-corrected chi connectivity index (χ0v) is 11.8. The Morgan fingerprint density at radius 3 is 3.00 bits per heavy atom. The van der Waals surface area contributed by atoms with Gasteiger partial charge < -0.3 is 14.8 Å². The van der Waals surface area contributed by atoms with E-state index in [0.717, 1.165) is 36.4 Å². The van der Waals surface area contributed by atoms with E-state index in [1.54, 1.807) is 7.11 Å². The van der Waals surface area contributed by atoms with E-state index >= 15 is 0 Å². The second-order valence-corrected chi connectivity index (χ2v) is 5.59. The zero-order valence-electron chi connectivity index (χ0n) is 10.3. The first-order valence-electron chi connectivity index (χ1n) is 5.78. The van der Waals surface area contributed by atoms with Crippen LogP contribution >= 0.6 is 15.9 Å². The molecule has 1 aliphatic heterocycles. The highest BCUT2D eigenvalue weighted by Gasteiger charge is 2.28. The van der Waals surface area contributed by atoms with Gasteiger partial charge in [0.2, 0.25) is 0 Å². The van der Waals surface area contributed by atoms with Gasteiger partial charge in [0.25, 0.3) is 0 Å². The zero-order chi connectivity index (χ0) is 12.3. The van der Waals surface area contributed by atoms with Gasteiger partial charge in [-0.25, -0.2) is 0 Å². The summed E-state index contributed by atoms with van der Waals surface area (Å²) in [6, 6.07) is 6.10. The summed E-state index contributed by atoms with van der Waals surface area (Å²) in [6.07, 6.45) is 1.06. The van der Waals surface area contributed by atoms with Crippen molar-refractivity contribution in [2.75, 3.05) is 20.3 Å². The van der Waals surface area contributed by atoms with Gasteiger partial charge in [-0.2, -0.15) is 0 Å². The lowest BCUT2D eigenvalue weighted by Crippen LogP contribution is -2.42. The Hall–Kier alpha value is -0.580. The number of benzene rings is 1. The number of ether oxygens (including phenoxy) is 2. The van der Waals surface area contributed by atoms with E-state index in [9.17, 15) is 0 Å². The first-order chi connectivity index (χ1) is 8.13. The second kappa shape index (κ2) is 5.38. The van der Waals surface area contributed by atoms with Crippen LogP contribution in [0.2, 0.25) is 0 Å². The molecule has 94 valence electrons. The van der Waals surface area contributed by atoms with Crippen LogP contribution in [-0.2, 0) is 11.3 Å². The predicted molar refractivity (Wildman–Crippen MR) is 71.4 cm³/mol. The van der Waals surface area contributed by atoms with Crippen molar-refractivity contribution >= 4 is 15.9 Å². The third-order valence-electron chi connectivity index (χ3n) is 3.17.